The van der Waals surface area contributed by atoms with Gasteiger partial charge in [-0.3, -0.25) is 0 Å². The second-order valence-electron chi connectivity index (χ2n) is 7.00. The van der Waals surface area contributed by atoms with Crippen molar-refractivity contribution >= 4 is 15.7 Å². The molecule has 0 saturated heterocycles. The first kappa shape index (κ1) is 17.8. The van der Waals surface area contributed by atoms with Crippen LogP contribution in [0, 0.1) is 17.0 Å². The molecule has 0 amide bonds. The third-order valence-corrected chi connectivity index (χ3v) is 4.48. The SMILES string of the molecule is CC(C)(C)CC(C)(C)NS(=O)(=O)c1ccc(F)c(N)c1F. The van der Waals surface area contributed by atoms with E-state index in [0.717, 1.165) is 12.1 Å². The molecule has 0 aliphatic carbocycles. The van der Waals surface area contributed by atoms with Gasteiger partial charge in [0, 0.05) is 5.54 Å². The topological polar surface area (TPSA) is 72.2 Å². The van der Waals surface area contributed by atoms with Crippen molar-refractivity contribution in [3.8, 4) is 0 Å². The molecule has 0 saturated carbocycles. The van der Waals surface area contributed by atoms with E-state index in [1.807, 2.05) is 20.8 Å². The van der Waals surface area contributed by atoms with E-state index in [1.54, 1.807) is 13.8 Å². The van der Waals surface area contributed by atoms with Crippen LogP contribution in [-0.4, -0.2) is 14.0 Å². The van der Waals surface area contributed by atoms with Gasteiger partial charge in [-0.1, -0.05) is 20.8 Å². The van der Waals surface area contributed by atoms with E-state index in [-0.39, 0.29) is 5.41 Å². The predicted molar refractivity (Wildman–Crippen MR) is 79.2 cm³/mol. The van der Waals surface area contributed by atoms with Crippen molar-refractivity contribution in [1.82, 2.24) is 4.72 Å². The molecule has 0 radical (unpaired) electrons. The molecule has 21 heavy (non-hydrogen) atoms. The van der Waals surface area contributed by atoms with Gasteiger partial charge in [0.05, 0.1) is 0 Å². The maximum absolute atomic E-state index is 13.9. The van der Waals surface area contributed by atoms with E-state index in [0.29, 0.717) is 6.42 Å². The molecule has 0 bridgehead atoms. The highest BCUT2D eigenvalue weighted by Crippen LogP contribution is 2.29. The lowest BCUT2D eigenvalue weighted by molar-refractivity contribution is 0.269. The third kappa shape index (κ3) is 4.64. The highest BCUT2D eigenvalue weighted by molar-refractivity contribution is 7.89. The van der Waals surface area contributed by atoms with E-state index in [1.165, 1.54) is 0 Å². The summed E-state index contributed by atoms with van der Waals surface area (Å²) in [7, 11) is -4.13. The molecule has 3 N–H and O–H groups in total. The van der Waals surface area contributed by atoms with Gasteiger partial charge in [0.25, 0.3) is 0 Å². The quantitative estimate of drug-likeness (QED) is 0.838. The lowest BCUT2D eigenvalue weighted by atomic mass is 9.82. The minimum absolute atomic E-state index is 0.119. The van der Waals surface area contributed by atoms with Crippen LogP contribution in [-0.2, 0) is 10.0 Å². The van der Waals surface area contributed by atoms with Crippen molar-refractivity contribution < 1.29 is 17.2 Å². The predicted octanol–water partition coefficient (Wildman–Crippen LogP) is 3.04. The maximum atomic E-state index is 13.9. The number of hydrogen-bond acceptors (Lipinski definition) is 3. The number of hydrogen-bond donors (Lipinski definition) is 2. The number of nitrogens with two attached hydrogens (primary N) is 1. The molecule has 1 rings (SSSR count). The van der Waals surface area contributed by atoms with Gasteiger partial charge in [-0.25, -0.2) is 21.9 Å². The van der Waals surface area contributed by atoms with Crippen LogP contribution in [0.1, 0.15) is 41.0 Å². The largest absolute Gasteiger partial charge is 0.394 e. The number of rotatable bonds is 4. The minimum Gasteiger partial charge on any atom is -0.394 e. The Kier molecular flexibility index (Phi) is 4.70. The molecular formula is C14H22F2N2O2S. The van der Waals surface area contributed by atoms with Crippen LogP contribution >= 0.6 is 0 Å². The zero-order chi connectivity index (χ0) is 16.6. The fourth-order valence-electron chi connectivity index (χ4n) is 2.54. The number of nitrogens with one attached hydrogen (secondary N) is 1. The lowest BCUT2D eigenvalue weighted by Gasteiger charge is -2.33. The normalized spacial score (nSPS) is 13.5. The average molecular weight is 320 g/mol. The van der Waals surface area contributed by atoms with Gasteiger partial charge in [-0.15, -0.1) is 0 Å². The summed E-state index contributed by atoms with van der Waals surface area (Å²) in [5, 5.41) is 0. The number of nitrogen functional groups attached to an aromatic ring is 1. The second-order valence-corrected chi connectivity index (χ2v) is 8.65. The molecule has 1 aromatic rings. The summed E-state index contributed by atoms with van der Waals surface area (Å²) in [4.78, 5) is -0.650. The smallest absolute Gasteiger partial charge is 0.244 e. The van der Waals surface area contributed by atoms with Gasteiger partial charge in [0.2, 0.25) is 10.0 Å². The monoisotopic (exact) mass is 320 g/mol. The highest BCUT2D eigenvalue weighted by atomic mass is 32.2. The van der Waals surface area contributed by atoms with Crippen LogP contribution in [0.4, 0.5) is 14.5 Å². The number of anilines is 1. The fourth-order valence-corrected chi connectivity index (χ4v) is 4.04. The van der Waals surface area contributed by atoms with Gasteiger partial charge in [-0.2, -0.15) is 0 Å². The van der Waals surface area contributed by atoms with Crippen LogP contribution in [0.3, 0.4) is 0 Å². The first-order valence-electron chi connectivity index (χ1n) is 6.53. The Morgan fingerprint density at radius 1 is 1.14 bits per heavy atom. The Labute approximate surface area is 124 Å². The molecule has 0 spiro atoms. The van der Waals surface area contributed by atoms with E-state index >= 15 is 0 Å². The number of benzene rings is 1. The first-order chi connectivity index (χ1) is 9.25. The fraction of sp³-hybridized carbons (Fsp3) is 0.571. The third-order valence-electron chi connectivity index (χ3n) is 2.76. The Morgan fingerprint density at radius 3 is 2.14 bits per heavy atom. The molecule has 0 aliphatic rings. The number of sulfonamides is 1. The molecule has 1 aromatic carbocycles. The summed E-state index contributed by atoms with van der Waals surface area (Å²) >= 11 is 0. The summed E-state index contributed by atoms with van der Waals surface area (Å²) in [6, 6.07) is 1.71. The van der Waals surface area contributed by atoms with Crippen molar-refractivity contribution in [2.75, 3.05) is 5.73 Å². The van der Waals surface area contributed by atoms with Crippen LogP contribution in [0.5, 0.6) is 0 Å². The number of halogens is 2. The summed E-state index contributed by atoms with van der Waals surface area (Å²) in [5.74, 6) is -2.26. The summed E-state index contributed by atoms with van der Waals surface area (Å²) in [6.07, 6.45) is 0.539. The zero-order valence-electron chi connectivity index (χ0n) is 12.9. The van der Waals surface area contributed by atoms with Gasteiger partial charge in [0.15, 0.2) is 5.82 Å². The van der Waals surface area contributed by atoms with Crippen molar-refractivity contribution in [3.05, 3.63) is 23.8 Å². The van der Waals surface area contributed by atoms with Gasteiger partial charge >= 0.3 is 0 Å². The molecule has 0 aromatic heterocycles. The van der Waals surface area contributed by atoms with Crippen molar-refractivity contribution in [2.45, 2.75) is 51.5 Å². The Bertz CT molecular complexity index is 635. The van der Waals surface area contributed by atoms with Crippen LogP contribution in [0.15, 0.2) is 17.0 Å². The summed E-state index contributed by atoms with van der Waals surface area (Å²) < 4.78 is 54.0. The van der Waals surface area contributed by atoms with Crippen molar-refractivity contribution in [3.63, 3.8) is 0 Å². The average Bonchev–Trinajstić information content (AvgIpc) is 2.20. The molecule has 7 heteroatoms. The van der Waals surface area contributed by atoms with Crippen LogP contribution in [0.2, 0.25) is 0 Å². The Balaban J connectivity index is 3.16. The Morgan fingerprint density at radius 2 is 1.67 bits per heavy atom. The van der Waals surface area contributed by atoms with Gasteiger partial charge < -0.3 is 5.73 Å². The maximum Gasteiger partial charge on any atom is 0.244 e. The molecular weight excluding hydrogens is 298 g/mol. The molecule has 0 fully saturated rings. The lowest BCUT2D eigenvalue weighted by Crippen LogP contribution is -2.45. The van der Waals surface area contributed by atoms with Crippen molar-refractivity contribution in [2.24, 2.45) is 5.41 Å². The molecule has 0 heterocycles. The zero-order valence-corrected chi connectivity index (χ0v) is 13.7. The molecule has 0 atom stereocenters. The minimum atomic E-state index is -4.13. The van der Waals surface area contributed by atoms with Crippen LogP contribution < -0.4 is 10.5 Å². The molecule has 120 valence electrons. The van der Waals surface area contributed by atoms with Gasteiger partial charge in [-0.05, 0) is 37.8 Å². The first-order valence-corrected chi connectivity index (χ1v) is 8.01. The standard InChI is InChI=1S/C14H22F2N2O2S/c1-13(2,3)8-14(4,5)18-21(19,20)10-7-6-9(15)12(17)11(10)16/h6-7,18H,8,17H2,1-5H3. The second kappa shape index (κ2) is 5.53. The highest BCUT2D eigenvalue weighted by Gasteiger charge is 2.32. The molecule has 0 aliphatic heterocycles. The van der Waals surface area contributed by atoms with Crippen LogP contribution in [0.25, 0.3) is 0 Å². The summed E-state index contributed by atoms with van der Waals surface area (Å²) in [6.45, 7) is 9.33. The van der Waals surface area contributed by atoms with Crippen molar-refractivity contribution in [1.29, 1.82) is 0 Å². The van der Waals surface area contributed by atoms with E-state index in [2.05, 4.69) is 4.72 Å². The summed E-state index contributed by atoms with van der Waals surface area (Å²) in [5.41, 5.74) is 3.50. The van der Waals surface area contributed by atoms with E-state index in [4.69, 9.17) is 5.73 Å². The van der Waals surface area contributed by atoms with E-state index in [9.17, 15) is 17.2 Å². The van der Waals surface area contributed by atoms with Gasteiger partial charge in [0.1, 0.15) is 16.4 Å². The molecule has 4 nitrogen and oxygen atoms in total. The van der Waals surface area contributed by atoms with E-state index < -0.39 is 37.8 Å². The Hall–Kier alpha value is -1.21. The molecule has 0 unspecified atom stereocenters.